The summed E-state index contributed by atoms with van der Waals surface area (Å²) in [5.74, 6) is 0.441. The number of ether oxygens (including phenoxy) is 5. The van der Waals surface area contributed by atoms with Gasteiger partial charge in [0.25, 0.3) is 0 Å². The number of hydrogen-bond donors (Lipinski definition) is 5. The van der Waals surface area contributed by atoms with Gasteiger partial charge >= 0.3 is 23.9 Å². The number of ketones is 1. The van der Waals surface area contributed by atoms with E-state index in [1.807, 2.05) is 221 Å². The van der Waals surface area contributed by atoms with Crippen LogP contribution in [-0.2, 0) is 62.0 Å². The Morgan fingerprint density at radius 2 is 0.880 bits per heavy atom. The van der Waals surface area contributed by atoms with Crippen LogP contribution < -0.4 is 27.4 Å². The number of halogens is 1. The van der Waals surface area contributed by atoms with Gasteiger partial charge in [0.2, 0.25) is 17.7 Å². The quantitative estimate of drug-likeness (QED) is 0.0216. The van der Waals surface area contributed by atoms with Crippen molar-refractivity contribution in [2.75, 3.05) is 207 Å². The fourth-order valence-corrected chi connectivity index (χ4v) is 8.22. The first-order chi connectivity index (χ1) is 49.5. The Balaban J connectivity index is -0.000000151. The first-order valence-electron chi connectivity index (χ1n) is 40.4. The molecule has 25 nitrogen and oxygen atoms in total. The molecule has 0 aromatic carbocycles. The Labute approximate surface area is 671 Å². The van der Waals surface area contributed by atoms with Gasteiger partial charge in [0.05, 0.1) is 42.4 Å². The Morgan fingerprint density at radius 3 is 1.23 bits per heavy atom. The van der Waals surface area contributed by atoms with Crippen molar-refractivity contribution in [2.24, 2.45) is 55.8 Å². The highest BCUT2D eigenvalue weighted by atomic mass is 35.5. The molecule has 0 saturated carbocycles. The van der Waals surface area contributed by atoms with Crippen molar-refractivity contribution in [3.8, 4) is 0 Å². The van der Waals surface area contributed by atoms with Crippen LogP contribution >= 0.6 is 12.4 Å². The summed E-state index contributed by atoms with van der Waals surface area (Å²) in [4.78, 5) is 107. The summed E-state index contributed by atoms with van der Waals surface area (Å²) in [6.45, 7) is 65.4. The van der Waals surface area contributed by atoms with Crippen molar-refractivity contribution in [2.45, 2.75) is 236 Å². The number of piperazine rings is 1. The number of amides is 3. The van der Waals surface area contributed by atoms with Crippen LogP contribution in [0.25, 0.3) is 0 Å². The number of carbonyl (C=O) groups excluding carboxylic acids is 8. The average molecular weight is 1570 g/mol. The summed E-state index contributed by atoms with van der Waals surface area (Å²) < 4.78 is 26.3. The fourth-order valence-electron chi connectivity index (χ4n) is 8.22. The monoisotopic (exact) mass is 1570 g/mol. The van der Waals surface area contributed by atoms with Crippen molar-refractivity contribution < 1.29 is 64.9 Å². The van der Waals surface area contributed by atoms with Crippen LogP contribution in [0.1, 0.15) is 233 Å². The maximum atomic E-state index is 12.0. The van der Waals surface area contributed by atoms with Gasteiger partial charge in [0.1, 0.15) is 25.9 Å². The van der Waals surface area contributed by atoms with Crippen molar-refractivity contribution >= 4 is 59.8 Å². The van der Waals surface area contributed by atoms with Gasteiger partial charge in [-0.25, -0.2) is 0 Å². The molecule has 2 atom stereocenters. The second kappa shape index (κ2) is 66.3. The van der Waals surface area contributed by atoms with Gasteiger partial charge in [-0.3, -0.25) is 43.3 Å². The Kier molecular flexibility index (Phi) is 71.9. The molecule has 108 heavy (non-hydrogen) atoms. The average Bonchev–Trinajstić information content (AvgIpc) is 0.857. The van der Waals surface area contributed by atoms with Gasteiger partial charge in [0, 0.05) is 110 Å². The molecular weight excluding hydrogens is 1400 g/mol. The largest absolute Gasteiger partial charge is 0.464 e. The minimum absolute atomic E-state index is 0. The minimum atomic E-state index is -0.392. The number of nitrogens with one attached hydrogen (secondary N) is 3. The summed E-state index contributed by atoms with van der Waals surface area (Å²) in [6.07, 6.45) is 8.62. The second-order valence-electron chi connectivity index (χ2n) is 32.8. The molecule has 7 N–H and O–H groups in total. The molecule has 2 fully saturated rings. The number of likely N-dealkylation sites (N-methyl/N-ethyl adjacent to an activating group) is 4. The molecule has 2 aliphatic heterocycles. The van der Waals surface area contributed by atoms with Gasteiger partial charge in [-0.2, -0.15) is 0 Å². The number of carbonyl (C=O) groups is 8. The molecule has 0 aliphatic carbocycles. The van der Waals surface area contributed by atoms with Crippen LogP contribution in [0.15, 0.2) is 0 Å². The molecule has 0 spiro atoms. The van der Waals surface area contributed by atoms with E-state index >= 15 is 0 Å². The lowest BCUT2D eigenvalue weighted by molar-refractivity contribution is -0.161. The lowest BCUT2D eigenvalue weighted by Crippen LogP contribution is -2.50. The van der Waals surface area contributed by atoms with E-state index in [4.69, 9.17) is 35.2 Å². The van der Waals surface area contributed by atoms with Gasteiger partial charge in [-0.1, -0.05) is 138 Å². The predicted molar refractivity (Wildman–Crippen MR) is 455 cm³/mol. The zero-order valence-corrected chi connectivity index (χ0v) is 76.4. The van der Waals surface area contributed by atoms with E-state index in [0.29, 0.717) is 38.8 Å². The van der Waals surface area contributed by atoms with Gasteiger partial charge < -0.3 is 80.5 Å². The molecular formula is C82H177ClN12O13. The first-order valence-corrected chi connectivity index (χ1v) is 40.4. The van der Waals surface area contributed by atoms with Crippen molar-refractivity contribution in [3.05, 3.63) is 0 Å². The maximum absolute atomic E-state index is 12.0. The van der Waals surface area contributed by atoms with Crippen molar-refractivity contribution in [3.63, 3.8) is 0 Å². The molecule has 650 valence electrons. The van der Waals surface area contributed by atoms with E-state index in [9.17, 15) is 38.4 Å². The Morgan fingerprint density at radius 1 is 0.491 bits per heavy atom. The smallest absolute Gasteiger partial charge is 0.311 e. The van der Waals surface area contributed by atoms with Crippen LogP contribution in [0, 0.1) is 44.3 Å². The third-order valence-corrected chi connectivity index (χ3v) is 19.8. The zero-order valence-electron chi connectivity index (χ0n) is 75.6. The van der Waals surface area contributed by atoms with E-state index in [1.54, 1.807) is 0 Å². The highest BCUT2D eigenvalue weighted by Crippen LogP contribution is 2.26. The molecule has 0 bridgehead atoms. The van der Waals surface area contributed by atoms with Crippen molar-refractivity contribution in [1.29, 1.82) is 0 Å². The first kappa shape index (κ1) is 117. The van der Waals surface area contributed by atoms with Crippen LogP contribution in [-0.4, -0.2) is 295 Å². The number of nitrogens with two attached hydrogens (primary N) is 2. The van der Waals surface area contributed by atoms with Crippen LogP contribution in [0.2, 0.25) is 0 Å². The molecule has 0 radical (unpaired) electrons. The minimum Gasteiger partial charge on any atom is -0.464 e. The number of hydrogen-bond acceptors (Lipinski definition) is 22. The van der Waals surface area contributed by atoms with Crippen molar-refractivity contribution in [1.82, 2.24) is 50.2 Å². The molecule has 2 heterocycles. The van der Waals surface area contributed by atoms with Gasteiger partial charge in [-0.15, -0.1) is 12.4 Å². The number of esters is 4. The van der Waals surface area contributed by atoms with Crippen LogP contribution in [0.3, 0.4) is 0 Å². The molecule has 2 aliphatic rings. The molecule has 3 amide bonds. The zero-order chi connectivity index (χ0) is 84.4. The van der Waals surface area contributed by atoms with Gasteiger partial charge in [-0.05, 0) is 174 Å². The van der Waals surface area contributed by atoms with E-state index in [0.717, 1.165) is 176 Å². The number of rotatable bonds is 40. The van der Waals surface area contributed by atoms with E-state index in [-0.39, 0.29) is 108 Å². The maximum Gasteiger partial charge on any atom is 0.311 e. The third-order valence-electron chi connectivity index (χ3n) is 19.8. The van der Waals surface area contributed by atoms with E-state index in [1.165, 1.54) is 0 Å². The summed E-state index contributed by atoms with van der Waals surface area (Å²) in [7, 11) is 15.9. The molecule has 2 rings (SSSR count). The third kappa shape index (κ3) is 61.4. The van der Waals surface area contributed by atoms with Gasteiger partial charge in [0.15, 0.2) is 5.78 Å². The summed E-state index contributed by atoms with van der Waals surface area (Å²) in [5.41, 5.74) is 8.89. The fraction of sp³-hybridized carbons (Fsp3) is 0.902. The van der Waals surface area contributed by atoms with Crippen LogP contribution in [0.4, 0.5) is 0 Å². The predicted octanol–water partition coefficient (Wildman–Crippen LogP) is 10.9. The highest BCUT2D eigenvalue weighted by Gasteiger charge is 2.33. The molecule has 0 aromatic heterocycles. The number of nitrogens with zero attached hydrogens (tertiary/aromatic N) is 7. The Hall–Kier alpha value is -4.15. The summed E-state index contributed by atoms with van der Waals surface area (Å²) in [5, 5.41) is 9.06. The second-order valence-corrected chi connectivity index (χ2v) is 32.8. The van der Waals surface area contributed by atoms with E-state index in [2.05, 4.69) is 51.4 Å². The normalized spacial score (nSPS) is 13.9. The molecule has 2 unspecified atom stereocenters. The molecule has 2 saturated heterocycles. The van der Waals surface area contributed by atoms with E-state index < -0.39 is 5.41 Å². The summed E-state index contributed by atoms with van der Waals surface area (Å²) >= 11 is 0. The van der Waals surface area contributed by atoms with Crippen LogP contribution in [0.5, 0.6) is 0 Å². The Bertz CT molecular complexity index is 2300. The topological polar surface area (TPSA) is 294 Å². The highest BCUT2D eigenvalue weighted by molar-refractivity contribution is 5.86. The lowest BCUT2D eigenvalue weighted by Gasteiger charge is -2.34. The number of morpholine rings is 1. The SMILES string of the molecule is CCC(C)(C)C(=O)CN.CCC(C)(C)C(=O)N1CCNCC1.CCC(C)(C)C(=O)NCCCN.CCC(C)(C)C(=O)NCCCN(C)C.CCC(C)(C)C(=O)OC(CN(C)C)CN(C)C.CCC(C)(C)C(=O)OCCN(C)C.CCC(C)C(=O)OCCN(CC)CC.CCC(C)C(=O)OCCN1CCOCC1.Cl.[HH].[HH]. The molecule has 26 heteroatoms. The molecule has 0 aromatic rings. The standard InChI is InChI=1S/C13H28N2O2.C11H24N2O.C11H21NO3.C11H23NO2.C10H20N2O.C10H21NO2.C9H20N2O.C7H15NO.ClH.2H2/c1-8-13(2,3)12(16)17-11(9-14(4)5)10-15(6)7;1-6-11(2,3)10(14)12-8-7-9-13(4)5;1-3-10(2)11(13)15-9-6-12-4-7-14-8-5-12;1-5-10(4)11(13)14-9-8-12(6-2)7-3;1-4-10(2,3)9(13)12-7-5-11-6-8-12;1-6-10(2,3)9(12)13-8-7-11(4)5;1-4-9(2,3)8(12)11-7-5-6-10;1-4-7(2,3)6(9)5-8;;;/h11H,8-10H2,1-7H3;6-9H2,1-5H3,(H,12,14);10H,3-9H2,1-2H3;10H,5-9H2,1-4H3;11H,4-8H2,1-3H3;6-8H2,1-5H3;4-7,10H2,1-3H3,(H,11,12);4-5,8H2,1-3H3;3*1H. The number of Topliss-reactive ketones (excluding diaryl/α,β-unsaturated/α-hetero) is 1. The lowest BCUT2D eigenvalue weighted by atomic mass is 9.85. The summed E-state index contributed by atoms with van der Waals surface area (Å²) in [6, 6.07) is 0.